The highest BCUT2D eigenvalue weighted by atomic mass is 16.3. The molecule has 0 fully saturated rings. The van der Waals surface area contributed by atoms with E-state index in [9.17, 15) is 4.79 Å². The number of carbonyl (C=O) groups excluding carboxylic acids is 1. The van der Waals surface area contributed by atoms with E-state index in [1.807, 2.05) is 5.92 Å². The third-order valence-corrected chi connectivity index (χ3v) is 1.20. The third kappa shape index (κ3) is 2.62. The molecule has 0 aromatic heterocycles. The van der Waals surface area contributed by atoms with Crippen molar-refractivity contribution in [1.29, 1.82) is 0 Å². The van der Waals surface area contributed by atoms with Crippen LogP contribution >= 0.6 is 0 Å². The molecule has 0 aliphatic rings. The Hall–Kier alpha value is -0.850. The molecule has 0 amide bonds. The predicted molar refractivity (Wildman–Crippen MR) is 38.4 cm³/mol. The Kier molecular flexibility index (Phi) is 3.70. The maximum absolute atomic E-state index is 10.1. The van der Waals surface area contributed by atoms with E-state index in [2.05, 4.69) is 5.32 Å². The molecule has 10 heavy (non-hydrogen) atoms. The normalized spacial score (nSPS) is 15.3. The average Bonchev–Trinajstić information content (AvgIpc) is 2.00. The molecular formula is C7H11NO2. The molecule has 0 rings (SSSR count). The van der Waals surface area contributed by atoms with Crippen molar-refractivity contribution >= 4 is 6.29 Å². The lowest BCUT2D eigenvalue weighted by Crippen LogP contribution is -2.32. The van der Waals surface area contributed by atoms with Crippen molar-refractivity contribution in [2.24, 2.45) is 0 Å². The van der Waals surface area contributed by atoms with Crippen molar-refractivity contribution in [3.63, 3.8) is 0 Å². The first-order chi connectivity index (χ1) is 4.68. The first-order valence-corrected chi connectivity index (χ1v) is 2.99. The van der Waals surface area contributed by atoms with E-state index in [1.165, 1.54) is 0 Å². The molecule has 0 aliphatic carbocycles. The van der Waals surface area contributed by atoms with Crippen LogP contribution in [0.15, 0.2) is 0 Å². The SMILES string of the molecule is C#CC(O)(C=O)CCNC. The minimum atomic E-state index is -1.58. The number of rotatable bonds is 4. The van der Waals surface area contributed by atoms with Gasteiger partial charge in [0.25, 0.3) is 0 Å². The minimum absolute atomic E-state index is 0.253. The van der Waals surface area contributed by atoms with Crippen LogP contribution in [0.5, 0.6) is 0 Å². The van der Waals surface area contributed by atoms with Crippen LogP contribution in [0.25, 0.3) is 0 Å². The van der Waals surface area contributed by atoms with E-state index in [-0.39, 0.29) is 6.42 Å². The Balaban J connectivity index is 3.84. The summed E-state index contributed by atoms with van der Waals surface area (Å²) in [6.07, 6.45) is 5.53. The summed E-state index contributed by atoms with van der Waals surface area (Å²) in [7, 11) is 1.72. The van der Waals surface area contributed by atoms with E-state index >= 15 is 0 Å². The molecule has 0 aliphatic heterocycles. The highest BCUT2D eigenvalue weighted by Crippen LogP contribution is 2.02. The Bertz CT molecular complexity index is 150. The summed E-state index contributed by atoms with van der Waals surface area (Å²) in [6, 6.07) is 0. The van der Waals surface area contributed by atoms with E-state index in [0.29, 0.717) is 12.8 Å². The zero-order chi connectivity index (χ0) is 8.04. The van der Waals surface area contributed by atoms with Gasteiger partial charge in [0.15, 0.2) is 11.9 Å². The predicted octanol–water partition coefficient (Wildman–Crippen LogP) is -0.841. The molecule has 0 saturated heterocycles. The zero-order valence-electron chi connectivity index (χ0n) is 5.92. The van der Waals surface area contributed by atoms with Crippen molar-refractivity contribution in [1.82, 2.24) is 5.32 Å². The molecule has 0 bridgehead atoms. The van der Waals surface area contributed by atoms with Gasteiger partial charge < -0.3 is 10.4 Å². The summed E-state index contributed by atoms with van der Waals surface area (Å²) in [5.74, 6) is 2.01. The fraction of sp³-hybridized carbons (Fsp3) is 0.571. The molecule has 3 heteroatoms. The van der Waals surface area contributed by atoms with Crippen molar-refractivity contribution in [3.05, 3.63) is 0 Å². The quantitative estimate of drug-likeness (QED) is 0.396. The van der Waals surface area contributed by atoms with Crippen LogP contribution in [0.1, 0.15) is 6.42 Å². The van der Waals surface area contributed by atoms with Crippen molar-refractivity contribution < 1.29 is 9.90 Å². The molecular weight excluding hydrogens is 130 g/mol. The van der Waals surface area contributed by atoms with Gasteiger partial charge in [0.1, 0.15) is 0 Å². The molecule has 0 spiro atoms. The van der Waals surface area contributed by atoms with Gasteiger partial charge in [-0.3, -0.25) is 4.79 Å². The average molecular weight is 141 g/mol. The third-order valence-electron chi connectivity index (χ3n) is 1.20. The van der Waals surface area contributed by atoms with E-state index in [0.717, 1.165) is 0 Å². The number of carbonyl (C=O) groups is 1. The first-order valence-electron chi connectivity index (χ1n) is 2.99. The number of aliphatic hydroxyl groups is 1. The van der Waals surface area contributed by atoms with E-state index in [4.69, 9.17) is 11.5 Å². The topological polar surface area (TPSA) is 49.3 Å². The highest BCUT2D eigenvalue weighted by Gasteiger charge is 2.21. The summed E-state index contributed by atoms with van der Waals surface area (Å²) in [6.45, 7) is 0.527. The van der Waals surface area contributed by atoms with Crippen LogP contribution in [0.3, 0.4) is 0 Å². The number of nitrogens with one attached hydrogen (secondary N) is 1. The summed E-state index contributed by atoms with van der Waals surface area (Å²) in [5.41, 5.74) is -1.58. The lowest BCUT2D eigenvalue weighted by molar-refractivity contribution is -0.119. The maximum atomic E-state index is 10.1. The van der Waals surface area contributed by atoms with E-state index < -0.39 is 5.60 Å². The minimum Gasteiger partial charge on any atom is -0.371 e. The molecule has 2 N–H and O–H groups in total. The summed E-state index contributed by atoms with van der Waals surface area (Å²) in [5, 5.41) is 11.9. The van der Waals surface area contributed by atoms with Gasteiger partial charge >= 0.3 is 0 Å². The van der Waals surface area contributed by atoms with Gasteiger partial charge in [-0.2, -0.15) is 0 Å². The van der Waals surface area contributed by atoms with Gasteiger partial charge in [0.2, 0.25) is 0 Å². The van der Waals surface area contributed by atoms with Crippen molar-refractivity contribution in [2.75, 3.05) is 13.6 Å². The lowest BCUT2D eigenvalue weighted by atomic mass is 10.0. The van der Waals surface area contributed by atoms with Crippen LogP contribution in [0.2, 0.25) is 0 Å². The molecule has 1 atom stereocenters. The van der Waals surface area contributed by atoms with Crippen molar-refractivity contribution in [2.45, 2.75) is 12.0 Å². The van der Waals surface area contributed by atoms with Crippen molar-refractivity contribution in [3.8, 4) is 12.3 Å². The molecule has 3 nitrogen and oxygen atoms in total. The standard InChI is InChI=1S/C7H11NO2/c1-3-7(10,6-9)4-5-8-2/h1,6,8,10H,4-5H2,2H3. The molecule has 0 heterocycles. The summed E-state index contributed by atoms with van der Waals surface area (Å²) in [4.78, 5) is 10.1. The molecule has 0 aromatic rings. The maximum Gasteiger partial charge on any atom is 0.181 e. The molecule has 56 valence electrons. The Morgan fingerprint density at radius 3 is 2.80 bits per heavy atom. The Morgan fingerprint density at radius 1 is 1.90 bits per heavy atom. The van der Waals surface area contributed by atoms with Crippen LogP contribution in [-0.4, -0.2) is 30.6 Å². The first kappa shape index (κ1) is 9.15. The van der Waals surface area contributed by atoms with Gasteiger partial charge in [0.05, 0.1) is 0 Å². The van der Waals surface area contributed by atoms with Gasteiger partial charge in [-0.05, 0) is 13.6 Å². The fourth-order valence-electron chi connectivity index (χ4n) is 0.481. The van der Waals surface area contributed by atoms with Gasteiger partial charge in [0, 0.05) is 6.42 Å². The van der Waals surface area contributed by atoms with Crippen LogP contribution in [0.4, 0.5) is 0 Å². The van der Waals surface area contributed by atoms with Gasteiger partial charge in [-0.1, -0.05) is 5.92 Å². The van der Waals surface area contributed by atoms with Gasteiger partial charge in [-0.15, -0.1) is 6.42 Å². The highest BCUT2D eigenvalue weighted by molar-refractivity contribution is 5.67. The second-order valence-corrected chi connectivity index (χ2v) is 2.04. The molecule has 0 saturated carbocycles. The molecule has 0 aromatic carbocycles. The second-order valence-electron chi connectivity index (χ2n) is 2.04. The van der Waals surface area contributed by atoms with Crippen LogP contribution < -0.4 is 5.32 Å². The summed E-state index contributed by atoms with van der Waals surface area (Å²) >= 11 is 0. The number of terminal acetylenes is 1. The number of aldehydes is 1. The summed E-state index contributed by atoms with van der Waals surface area (Å²) < 4.78 is 0. The Morgan fingerprint density at radius 2 is 2.50 bits per heavy atom. The monoisotopic (exact) mass is 141 g/mol. The van der Waals surface area contributed by atoms with Crippen LogP contribution in [-0.2, 0) is 4.79 Å². The number of hydrogen-bond donors (Lipinski definition) is 2. The number of hydrogen-bond acceptors (Lipinski definition) is 3. The lowest BCUT2D eigenvalue weighted by Gasteiger charge is -2.12. The van der Waals surface area contributed by atoms with E-state index in [1.54, 1.807) is 7.05 Å². The zero-order valence-corrected chi connectivity index (χ0v) is 5.92. The second kappa shape index (κ2) is 4.04. The Labute approximate surface area is 60.4 Å². The van der Waals surface area contributed by atoms with Crippen LogP contribution in [0, 0.1) is 12.3 Å². The van der Waals surface area contributed by atoms with Gasteiger partial charge in [-0.25, -0.2) is 0 Å². The smallest absolute Gasteiger partial charge is 0.181 e. The molecule has 1 unspecified atom stereocenters. The molecule has 0 radical (unpaired) electrons. The fourth-order valence-corrected chi connectivity index (χ4v) is 0.481. The largest absolute Gasteiger partial charge is 0.371 e.